The highest BCUT2D eigenvalue weighted by Gasteiger charge is 2.22. The molecule has 0 unspecified atom stereocenters. The Bertz CT molecular complexity index is 679. The Morgan fingerprint density at radius 1 is 1.00 bits per heavy atom. The van der Waals surface area contributed by atoms with Crippen molar-refractivity contribution in [2.24, 2.45) is 0 Å². The predicted molar refractivity (Wildman–Crippen MR) is 66.7 cm³/mol. The topological polar surface area (TPSA) is 86.3 Å². The molecule has 0 radical (unpaired) electrons. The van der Waals surface area contributed by atoms with E-state index in [1.807, 2.05) is 0 Å². The van der Waals surface area contributed by atoms with Crippen LogP contribution in [0, 0.1) is 34.1 Å². The molecule has 0 saturated heterocycles. The average molecular weight is 246 g/mol. The quantitative estimate of drug-likeness (QED) is 0.601. The molecule has 92 valence electrons. The van der Waals surface area contributed by atoms with Gasteiger partial charge < -0.3 is 0 Å². The van der Waals surface area contributed by atoms with E-state index < -0.39 is 9.85 Å². The summed E-state index contributed by atoms with van der Waals surface area (Å²) in [6, 6.07) is 5.96. The molecule has 0 atom stereocenters. The first kappa shape index (κ1) is 12.0. The standard InChI is InChI=1S/C12H10N2O4/c1-7-6-10-9(12(8(7)2)14(17)18)4-3-5-11(10)13(15)16/h3-6H,1-2H3. The number of non-ortho nitro benzene ring substituents is 1. The highest BCUT2D eigenvalue weighted by molar-refractivity contribution is 5.98. The van der Waals surface area contributed by atoms with E-state index in [9.17, 15) is 20.2 Å². The van der Waals surface area contributed by atoms with Crippen molar-refractivity contribution in [3.63, 3.8) is 0 Å². The number of hydrogen-bond donors (Lipinski definition) is 0. The molecule has 0 aromatic heterocycles. The van der Waals surface area contributed by atoms with E-state index in [4.69, 9.17) is 0 Å². The zero-order valence-corrected chi connectivity index (χ0v) is 9.84. The van der Waals surface area contributed by atoms with E-state index in [1.54, 1.807) is 19.9 Å². The van der Waals surface area contributed by atoms with Crippen molar-refractivity contribution in [2.75, 3.05) is 0 Å². The summed E-state index contributed by atoms with van der Waals surface area (Å²) in [6.07, 6.45) is 0. The number of aryl methyl sites for hydroxylation is 1. The van der Waals surface area contributed by atoms with E-state index in [-0.39, 0.29) is 11.4 Å². The number of rotatable bonds is 2. The molecule has 2 aromatic carbocycles. The minimum Gasteiger partial charge on any atom is -0.258 e. The Morgan fingerprint density at radius 2 is 1.67 bits per heavy atom. The third-order valence-corrected chi connectivity index (χ3v) is 3.03. The van der Waals surface area contributed by atoms with Gasteiger partial charge in [0.15, 0.2) is 0 Å². The number of nitro groups is 2. The predicted octanol–water partition coefficient (Wildman–Crippen LogP) is 3.27. The highest BCUT2D eigenvalue weighted by atomic mass is 16.6. The average Bonchev–Trinajstić information content (AvgIpc) is 2.29. The minimum atomic E-state index is -0.527. The van der Waals surface area contributed by atoms with Crippen molar-refractivity contribution in [1.29, 1.82) is 0 Å². The first-order valence-electron chi connectivity index (χ1n) is 5.25. The molecule has 0 heterocycles. The van der Waals surface area contributed by atoms with E-state index >= 15 is 0 Å². The molecule has 2 aromatic rings. The fourth-order valence-electron chi connectivity index (χ4n) is 2.02. The van der Waals surface area contributed by atoms with Crippen LogP contribution in [0.5, 0.6) is 0 Å². The number of fused-ring (bicyclic) bond motifs is 1. The van der Waals surface area contributed by atoms with Crippen LogP contribution in [0.2, 0.25) is 0 Å². The van der Waals surface area contributed by atoms with Gasteiger partial charge in [-0.05, 0) is 31.5 Å². The number of benzene rings is 2. The fraction of sp³-hybridized carbons (Fsp3) is 0.167. The Balaban J connectivity index is 3.00. The summed E-state index contributed by atoms with van der Waals surface area (Å²) in [6.45, 7) is 3.35. The molecule has 6 heteroatoms. The summed E-state index contributed by atoms with van der Waals surface area (Å²) < 4.78 is 0. The molecule has 0 fully saturated rings. The molecule has 2 rings (SSSR count). The maximum atomic E-state index is 11.1. The largest absolute Gasteiger partial charge is 0.280 e. The summed E-state index contributed by atoms with van der Waals surface area (Å²) in [4.78, 5) is 21.0. The minimum absolute atomic E-state index is 0.0614. The zero-order valence-electron chi connectivity index (χ0n) is 9.84. The van der Waals surface area contributed by atoms with Gasteiger partial charge in [-0.1, -0.05) is 6.07 Å². The van der Waals surface area contributed by atoms with E-state index in [0.717, 1.165) is 0 Å². The smallest absolute Gasteiger partial charge is 0.258 e. The molecule has 0 spiro atoms. The molecular formula is C12H10N2O4. The van der Waals surface area contributed by atoms with Crippen molar-refractivity contribution in [3.8, 4) is 0 Å². The summed E-state index contributed by atoms with van der Waals surface area (Å²) in [5, 5.41) is 22.6. The highest BCUT2D eigenvalue weighted by Crippen LogP contribution is 2.36. The lowest BCUT2D eigenvalue weighted by molar-refractivity contribution is -0.385. The normalized spacial score (nSPS) is 10.6. The second-order valence-electron chi connectivity index (χ2n) is 4.05. The number of nitrogens with zero attached hydrogens (tertiary/aromatic N) is 2. The molecule has 0 aliphatic rings. The second-order valence-corrected chi connectivity index (χ2v) is 4.05. The van der Waals surface area contributed by atoms with Gasteiger partial charge in [0.1, 0.15) is 0 Å². The monoisotopic (exact) mass is 246 g/mol. The van der Waals surface area contributed by atoms with Gasteiger partial charge in [-0.3, -0.25) is 20.2 Å². The van der Waals surface area contributed by atoms with Crippen molar-refractivity contribution < 1.29 is 9.85 Å². The maximum absolute atomic E-state index is 11.1. The van der Waals surface area contributed by atoms with Crippen molar-refractivity contribution in [1.82, 2.24) is 0 Å². The Morgan fingerprint density at radius 3 is 2.22 bits per heavy atom. The van der Waals surface area contributed by atoms with Gasteiger partial charge in [0, 0.05) is 11.6 Å². The SMILES string of the molecule is Cc1cc2c([N+](=O)[O-])cccc2c([N+](=O)[O-])c1C. The summed E-state index contributed by atoms with van der Waals surface area (Å²) in [7, 11) is 0. The van der Waals surface area contributed by atoms with Crippen LogP contribution in [-0.4, -0.2) is 9.85 Å². The van der Waals surface area contributed by atoms with Crippen LogP contribution in [-0.2, 0) is 0 Å². The number of nitro benzene ring substituents is 2. The lowest BCUT2D eigenvalue weighted by atomic mass is 9.99. The molecule has 0 N–H and O–H groups in total. The molecule has 0 saturated carbocycles. The van der Waals surface area contributed by atoms with Gasteiger partial charge in [0.2, 0.25) is 0 Å². The fourth-order valence-corrected chi connectivity index (χ4v) is 2.02. The van der Waals surface area contributed by atoms with E-state index in [1.165, 1.54) is 18.2 Å². The van der Waals surface area contributed by atoms with Crippen molar-refractivity contribution in [3.05, 3.63) is 55.6 Å². The molecule has 0 aliphatic heterocycles. The van der Waals surface area contributed by atoms with Crippen LogP contribution < -0.4 is 0 Å². The second kappa shape index (κ2) is 4.06. The van der Waals surface area contributed by atoms with Crippen LogP contribution in [0.4, 0.5) is 11.4 Å². The van der Waals surface area contributed by atoms with Gasteiger partial charge in [-0.25, -0.2) is 0 Å². The molecular weight excluding hydrogens is 236 g/mol. The summed E-state index contributed by atoms with van der Waals surface area (Å²) in [5.41, 5.74) is 1.03. The van der Waals surface area contributed by atoms with Gasteiger partial charge >= 0.3 is 0 Å². The van der Waals surface area contributed by atoms with E-state index in [0.29, 0.717) is 21.9 Å². The van der Waals surface area contributed by atoms with Gasteiger partial charge in [0.25, 0.3) is 11.4 Å². The van der Waals surface area contributed by atoms with Crippen LogP contribution in [0.15, 0.2) is 24.3 Å². The Labute approximate surface area is 102 Å². The first-order valence-corrected chi connectivity index (χ1v) is 5.25. The molecule has 0 amide bonds. The lowest BCUT2D eigenvalue weighted by Gasteiger charge is -2.06. The Kier molecular flexibility index (Phi) is 2.70. The van der Waals surface area contributed by atoms with Crippen LogP contribution in [0.1, 0.15) is 11.1 Å². The molecule has 0 aliphatic carbocycles. The first-order chi connectivity index (χ1) is 8.43. The van der Waals surface area contributed by atoms with Gasteiger partial charge in [-0.2, -0.15) is 0 Å². The molecule has 0 bridgehead atoms. The summed E-state index contributed by atoms with van der Waals surface area (Å²) in [5.74, 6) is 0. The third-order valence-electron chi connectivity index (χ3n) is 3.03. The van der Waals surface area contributed by atoms with Gasteiger partial charge in [-0.15, -0.1) is 0 Å². The van der Waals surface area contributed by atoms with Crippen LogP contribution in [0.25, 0.3) is 10.8 Å². The number of hydrogen-bond acceptors (Lipinski definition) is 4. The van der Waals surface area contributed by atoms with Crippen LogP contribution in [0.3, 0.4) is 0 Å². The van der Waals surface area contributed by atoms with Crippen molar-refractivity contribution >= 4 is 22.1 Å². The molecule has 18 heavy (non-hydrogen) atoms. The van der Waals surface area contributed by atoms with Crippen LogP contribution >= 0.6 is 0 Å². The van der Waals surface area contributed by atoms with Crippen molar-refractivity contribution in [2.45, 2.75) is 13.8 Å². The van der Waals surface area contributed by atoms with E-state index in [2.05, 4.69) is 0 Å². The Hall–Kier alpha value is -2.50. The summed E-state index contributed by atoms with van der Waals surface area (Å²) >= 11 is 0. The maximum Gasteiger partial charge on any atom is 0.280 e. The lowest BCUT2D eigenvalue weighted by Crippen LogP contribution is -1.97. The zero-order chi connectivity index (χ0) is 13.4. The molecule has 6 nitrogen and oxygen atoms in total. The van der Waals surface area contributed by atoms with Gasteiger partial charge in [0.05, 0.1) is 20.6 Å². The third kappa shape index (κ3) is 1.67.